The first-order chi connectivity index (χ1) is 18.1. The smallest absolute Gasteiger partial charge is 0.306 e. The first-order valence-electron chi connectivity index (χ1n) is 15.5. The van der Waals surface area contributed by atoms with Crippen molar-refractivity contribution < 1.29 is 19.4 Å². The molecule has 37 heavy (non-hydrogen) atoms. The summed E-state index contributed by atoms with van der Waals surface area (Å²) in [6.07, 6.45) is 36.1. The van der Waals surface area contributed by atoms with Gasteiger partial charge in [-0.3, -0.25) is 9.59 Å². The average Bonchev–Trinajstić information content (AvgIpc) is 2.88. The topological polar surface area (TPSA) is 63.6 Å². The molecule has 0 aliphatic rings. The second-order valence-electron chi connectivity index (χ2n) is 10.3. The normalized spacial score (nSPS) is 12.7. The molecule has 1 unspecified atom stereocenters. The zero-order valence-corrected chi connectivity index (χ0v) is 24.3. The summed E-state index contributed by atoms with van der Waals surface area (Å²) in [5.74, 6) is -0.813. The molecule has 0 aromatic carbocycles. The second-order valence-corrected chi connectivity index (χ2v) is 10.3. The number of allylic oxidation sites excluding steroid dienone is 5. The van der Waals surface area contributed by atoms with Crippen molar-refractivity contribution >= 4 is 11.9 Å². The number of aliphatic carboxylic acids is 1. The number of carbonyl (C=O) groups excluding carboxylic acids is 1. The van der Waals surface area contributed by atoms with Crippen LogP contribution in [-0.4, -0.2) is 23.1 Å². The van der Waals surface area contributed by atoms with Crippen molar-refractivity contribution in [1.29, 1.82) is 0 Å². The Bertz CT molecular complexity index is 605. The monoisotopic (exact) mass is 518 g/mol. The highest BCUT2D eigenvalue weighted by Crippen LogP contribution is 2.14. The summed E-state index contributed by atoms with van der Waals surface area (Å²) < 4.78 is 5.77. The van der Waals surface area contributed by atoms with E-state index >= 15 is 0 Å². The number of carboxylic acid groups (broad SMARTS) is 1. The summed E-state index contributed by atoms with van der Waals surface area (Å²) >= 11 is 0. The van der Waals surface area contributed by atoms with Gasteiger partial charge in [-0.15, -0.1) is 0 Å². The van der Waals surface area contributed by atoms with E-state index in [1.807, 2.05) is 0 Å². The van der Waals surface area contributed by atoms with Crippen LogP contribution in [0.2, 0.25) is 0 Å². The SMILES string of the molecule is CCCC/C=C\C(CCCCCCC(=O)O)OC(=O)CCCCCCC/C=C\C/C=C\CCCCCC. The van der Waals surface area contributed by atoms with E-state index in [9.17, 15) is 9.59 Å². The summed E-state index contributed by atoms with van der Waals surface area (Å²) in [5, 5.41) is 8.74. The Hall–Kier alpha value is -1.84. The lowest BCUT2D eigenvalue weighted by atomic mass is 10.1. The van der Waals surface area contributed by atoms with Gasteiger partial charge in [0.15, 0.2) is 0 Å². The van der Waals surface area contributed by atoms with Crippen LogP contribution in [-0.2, 0) is 14.3 Å². The third-order valence-electron chi connectivity index (χ3n) is 6.57. The number of unbranched alkanes of at least 4 members (excludes halogenated alkanes) is 14. The molecule has 0 aliphatic heterocycles. The van der Waals surface area contributed by atoms with Crippen molar-refractivity contribution in [3.8, 4) is 0 Å². The molecule has 0 heterocycles. The molecule has 0 amide bonds. The maximum Gasteiger partial charge on any atom is 0.306 e. The number of esters is 1. The predicted molar refractivity (Wildman–Crippen MR) is 158 cm³/mol. The zero-order chi connectivity index (χ0) is 27.2. The van der Waals surface area contributed by atoms with E-state index in [4.69, 9.17) is 9.84 Å². The van der Waals surface area contributed by atoms with Gasteiger partial charge in [0.2, 0.25) is 0 Å². The molecule has 0 rings (SSSR count). The fourth-order valence-corrected chi connectivity index (χ4v) is 4.23. The molecule has 1 atom stereocenters. The van der Waals surface area contributed by atoms with Gasteiger partial charge in [-0.2, -0.15) is 0 Å². The van der Waals surface area contributed by atoms with E-state index in [1.54, 1.807) is 0 Å². The highest BCUT2D eigenvalue weighted by Gasteiger charge is 2.11. The van der Waals surface area contributed by atoms with Gasteiger partial charge in [0.25, 0.3) is 0 Å². The summed E-state index contributed by atoms with van der Waals surface area (Å²) in [7, 11) is 0. The Morgan fingerprint density at radius 2 is 1.16 bits per heavy atom. The number of rotatable bonds is 27. The molecule has 0 aromatic rings. The van der Waals surface area contributed by atoms with Gasteiger partial charge >= 0.3 is 11.9 Å². The number of hydrogen-bond acceptors (Lipinski definition) is 3. The first kappa shape index (κ1) is 35.2. The quantitative estimate of drug-likeness (QED) is 0.0667. The van der Waals surface area contributed by atoms with Crippen molar-refractivity contribution in [2.45, 2.75) is 161 Å². The first-order valence-corrected chi connectivity index (χ1v) is 15.5. The minimum absolute atomic E-state index is 0.0858. The molecule has 0 fully saturated rings. The van der Waals surface area contributed by atoms with Crippen LogP contribution in [0.1, 0.15) is 155 Å². The fourth-order valence-electron chi connectivity index (χ4n) is 4.23. The molecule has 0 saturated heterocycles. The van der Waals surface area contributed by atoms with Gasteiger partial charge in [-0.05, 0) is 70.3 Å². The van der Waals surface area contributed by atoms with Crippen LogP contribution in [0.3, 0.4) is 0 Å². The second kappa shape index (κ2) is 28.7. The van der Waals surface area contributed by atoms with Crippen LogP contribution in [0, 0.1) is 0 Å². The molecule has 0 aromatic heterocycles. The Morgan fingerprint density at radius 1 is 0.622 bits per heavy atom. The van der Waals surface area contributed by atoms with E-state index in [0.717, 1.165) is 77.0 Å². The van der Waals surface area contributed by atoms with Crippen molar-refractivity contribution in [2.75, 3.05) is 0 Å². The van der Waals surface area contributed by atoms with Crippen LogP contribution < -0.4 is 0 Å². The molecule has 214 valence electrons. The number of hydrogen-bond donors (Lipinski definition) is 1. The number of carbonyl (C=O) groups is 2. The molecule has 0 saturated carbocycles. The molecule has 0 aliphatic carbocycles. The average molecular weight is 519 g/mol. The van der Waals surface area contributed by atoms with Gasteiger partial charge in [0.1, 0.15) is 6.10 Å². The van der Waals surface area contributed by atoms with Crippen LogP contribution in [0.4, 0.5) is 0 Å². The molecule has 4 nitrogen and oxygen atoms in total. The summed E-state index contributed by atoms with van der Waals surface area (Å²) in [6.45, 7) is 4.43. The van der Waals surface area contributed by atoms with Crippen LogP contribution in [0.15, 0.2) is 36.5 Å². The summed E-state index contributed by atoms with van der Waals surface area (Å²) in [4.78, 5) is 23.0. The molecule has 0 radical (unpaired) electrons. The van der Waals surface area contributed by atoms with Crippen LogP contribution in [0.5, 0.6) is 0 Å². The number of ether oxygens (including phenoxy) is 1. The van der Waals surface area contributed by atoms with Crippen molar-refractivity contribution in [2.24, 2.45) is 0 Å². The Labute approximate surface area is 229 Å². The molecular weight excluding hydrogens is 460 g/mol. The molecule has 0 spiro atoms. The lowest BCUT2D eigenvalue weighted by Gasteiger charge is -2.14. The van der Waals surface area contributed by atoms with Gasteiger partial charge in [-0.25, -0.2) is 0 Å². The predicted octanol–water partition coefficient (Wildman–Crippen LogP) is 10.3. The minimum atomic E-state index is -0.728. The lowest BCUT2D eigenvalue weighted by Crippen LogP contribution is -2.16. The molecule has 4 heteroatoms. The van der Waals surface area contributed by atoms with Crippen molar-refractivity contribution in [3.63, 3.8) is 0 Å². The van der Waals surface area contributed by atoms with Crippen molar-refractivity contribution in [1.82, 2.24) is 0 Å². The van der Waals surface area contributed by atoms with Crippen LogP contribution >= 0.6 is 0 Å². The summed E-state index contributed by atoms with van der Waals surface area (Å²) in [6, 6.07) is 0. The highest BCUT2D eigenvalue weighted by molar-refractivity contribution is 5.69. The third-order valence-corrected chi connectivity index (χ3v) is 6.57. The van der Waals surface area contributed by atoms with E-state index in [2.05, 4.69) is 50.3 Å². The van der Waals surface area contributed by atoms with Crippen molar-refractivity contribution in [3.05, 3.63) is 36.5 Å². The zero-order valence-electron chi connectivity index (χ0n) is 24.3. The highest BCUT2D eigenvalue weighted by atomic mass is 16.5. The maximum atomic E-state index is 12.4. The summed E-state index contributed by atoms with van der Waals surface area (Å²) in [5.41, 5.74) is 0. The van der Waals surface area contributed by atoms with Gasteiger partial charge in [-0.1, -0.05) is 108 Å². The Balaban J connectivity index is 3.88. The van der Waals surface area contributed by atoms with E-state index in [-0.39, 0.29) is 18.5 Å². The molecular formula is C33H58O4. The molecule has 0 bridgehead atoms. The van der Waals surface area contributed by atoms with Crippen LogP contribution in [0.25, 0.3) is 0 Å². The van der Waals surface area contributed by atoms with Gasteiger partial charge in [0.05, 0.1) is 0 Å². The third kappa shape index (κ3) is 28.6. The lowest BCUT2D eigenvalue weighted by molar-refractivity contribution is -0.147. The van der Waals surface area contributed by atoms with Gasteiger partial charge in [0, 0.05) is 12.8 Å². The minimum Gasteiger partial charge on any atom is -0.481 e. The van der Waals surface area contributed by atoms with E-state index in [0.29, 0.717) is 6.42 Å². The number of carboxylic acids is 1. The maximum absolute atomic E-state index is 12.4. The van der Waals surface area contributed by atoms with E-state index < -0.39 is 5.97 Å². The molecule has 1 N–H and O–H groups in total. The Morgan fingerprint density at radius 3 is 1.81 bits per heavy atom. The Kier molecular flexibility index (Phi) is 27.3. The van der Waals surface area contributed by atoms with Gasteiger partial charge < -0.3 is 9.84 Å². The fraction of sp³-hybridized carbons (Fsp3) is 0.758. The van der Waals surface area contributed by atoms with E-state index in [1.165, 1.54) is 51.4 Å². The largest absolute Gasteiger partial charge is 0.481 e. The standard InChI is InChI=1S/C33H58O4/c1-3-5-7-9-10-11-12-13-14-15-16-17-18-19-20-26-30-33(36)37-31(27-23-8-6-4-2)28-24-21-22-25-29-32(34)35/h11-12,14-15,23,27,31H,3-10,13,16-22,24-26,28-30H2,1-2H3,(H,34,35)/b12-11-,15-14-,27-23-.